The molecule has 0 atom stereocenters. The quantitative estimate of drug-likeness (QED) is 0.861. The molecule has 2 N–H and O–H groups in total. The van der Waals surface area contributed by atoms with Crippen molar-refractivity contribution in [2.75, 3.05) is 0 Å². The molecule has 108 valence electrons. The maximum absolute atomic E-state index is 11.6. The molecule has 0 radical (unpaired) electrons. The van der Waals surface area contributed by atoms with Crippen LogP contribution in [0, 0.1) is 0 Å². The summed E-state index contributed by atoms with van der Waals surface area (Å²) in [4.78, 5) is 15.8. The molecule has 4 heteroatoms. The molecule has 1 saturated carbocycles. The molecular weight excluding hydrogens is 264 g/mol. The number of carbonyl (C=O) groups excluding carboxylic acids is 1. The molecule has 1 amide bonds. The SMILES string of the molecule is NC(=O)C1=CC2=C(C1)c1ccncc1OC21CCCCC1. The number of aromatic nitrogens is 1. The lowest BCUT2D eigenvalue weighted by Gasteiger charge is -2.42. The standard InChI is InChI=1S/C17H18N2O2/c18-16(20)11-8-13-12-4-7-19-10-15(12)21-17(14(13)9-11)5-2-1-3-6-17/h4,7,9-10H,1-3,5-6,8H2,(H2,18,20). The van der Waals surface area contributed by atoms with Gasteiger partial charge in [0.05, 0.1) is 6.20 Å². The molecule has 3 aliphatic rings. The van der Waals surface area contributed by atoms with Crippen LogP contribution in [0.4, 0.5) is 0 Å². The minimum atomic E-state index is -0.328. The molecular formula is C17H18N2O2. The smallest absolute Gasteiger partial charge is 0.244 e. The number of pyridine rings is 1. The van der Waals surface area contributed by atoms with Crippen LogP contribution in [0.2, 0.25) is 0 Å². The van der Waals surface area contributed by atoms with Crippen LogP contribution in [0.25, 0.3) is 5.57 Å². The number of nitrogens with zero attached hydrogens (tertiary/aromatic N) is 1. The van der Waals surface area contributed by atoms with Gasteiger partial charge in [0.25, 0.3) is 0 Å². The Kier molecular flexibility index (Phi) is 2.67. The Morgan fingerprint density at radius 2 is 2.10 bits per heavy atom. The first-order valence-corrected chi connectivity index (χ1v) is 7.57. The third-order valence-corrected chi connectivity index (χ3v) is 4.89. The highest BCUT2D eigenvalue weighted by Gasteiger charge is 2.44. The second kappa shape index (κ2) is 4.45. The van der Waals surface area contributed by atoms with Crippen molar-refractivity contribution in [1.29, 1.82) is 0 Å². The van der Waals surface area contributed by atoms with Crippen molar-refractivity contribution >= 4 is 11.5 Å². The molecule has 0 aromatic carbocycles. The van der Waals surface area contributed by atoms with Crippen LogP contribution in [0.5, 0.6) is 5.75 Å². The Morgan fingerprint density at radius 3 is 2.86 bits per heavy atom. The first-order valence-electron chi connectivity index (χ1n) is 7.57. The number of allylic oxidation sites excluding steroid dienone is 1. The average Bonchev–Trinajstić information content (AvgIpc) is 2.95. The van der Waals surface area contributed by atoms with Crippen molar-refractivity contribution in [1.82, 2.24) is 4.98 Å². The number of ether oxygens (including phenoxy) is 1. The van der Waals surface area contributed by atoms with Crippen molar-refractivity contribution in [3.05, 3.63) is 41.2 Å². The summed E-state index contributed by atoms with van der Waals surface area (Å²) in [6.45, 7) is 0. The number of rotatable bonds is 1. The number of fused-ring (bicyclic) bond motifs is 3. The van der Waals surface area contributed by atoms with E-state index in [1.807, 2.05) is 12.1 Å². The fourth-order valence-electron chi connectivity index (χ4n) is 3.87. The molecule has 1 fully saturated rings. The van der Waals surface area contributed by atoms with E-state index in [2.05, 4.69) is 4.98 Å². The highest BCUT2D eigenvalue weighted by atomic mass is 16.5. The van der Waals surface area contributed by atoms with Crippen LogP contribution in [0.1, 0.15) is 44.1 Å². The molecule has 0 unspecified atom stereocenters. The van der Waals surface area contributed by atoms with E-state index in [-0.39, 0.29) is 11.5 Å². The molecule has 21 heavy (non-hydrogen) atoms. The van der Waals surface area contributed by atoms with Crippen LogP contribution in [-0.4, -0.2) is 16.5 Å². The van der Waals surface area contributed by atoms with Crippen molar-refractivity contribution in [2.45, 2.75) is 44.1 Å². The molecule has 4 rings (SSSR count). The number of hydrogen-bond donors (Lipinski definition) is 1. The van der Waals surface area contributed by atoms with Crippen molar-refractivity contribution < 1.29 is 9.53 Å². The first kappa shape index (κ1) is 12.6. The zero-order valence-electron chi connectivity index (χ0n) is 11.9. The number of carbonyl (C=O) groups is 1. The fourth-order valence-corrected chi connectivity index (χ4v) is 3.87. The van der Waals surface area contributed by atoms with Crippen molar-refractivity contribution in [3.63, 3.8) is 0 Å². The Balaban J connectivity index is 1.87. The maximum atomic E-state index is 11.6. The van der Waals surface area contributed by atoms with Crippen molar-refractivity contribution in [2.24, 2.45) is 5.73 Å². The molecule has 1 aliphatic heterocycles. The summed E-state index contributed by atoms with van der Waals surface area (Å²) < 4.78 is 6.39. The third-order valence-electron chi connectivity index (χ3n) is 4.89. The van der Waals surface area contributed by atoms with E-state index >= 15 is 0 Å². The predicted octanol–water partition coefficient (Wildman–Crippen LogP) is 2.75. The second-order valence-electron chi connectivity index (χ2n) is 6.13. The van der Waals surface area contributed by atoms with Gasteiger partial charge in [0, 0.05) is 29.3 Å². The van der Waals surface area contributed by atoms with Crippen LogP contribution in [0.3, 0.4) is 0 Å². The van der Waals surface area contributed by atoms with Gasteiger partial charge in [0.15, 0.2) is 0 Å². The Bertz CT molecular complexity index is 682. The molecule has 1 aromatic heterocycles. The predicted molar refractivity (Wildman–Crippen MR) is 79.5 cm³/mol. The summed E-state index contributed by atoms with van der Waals surface area (Å²) >= 11 is 0. The lowest BCUT2D eigenvalue weighted by molar-refractivity contribution is -0.114. The minimum absolute atomic E-state index is 0.277. The van der Waals surface area contributed by atoms with Gasteiger partial charge >= 0.3 is 0 Å². The van der Waals surface area contributed by atoms with Gasteiger partial charge in [-0.3, -0.25) is 9.78 Å². The van der Waals surface area contributed by atoms with E-state index in [9.17, 15) is 4.79 Å². The topological polar surface area (TPSA) is 65.2 Å². The molecule has 0 saturated heterocycles. The van der Waals surface area contributed by atoms with E-state index in [4.69, 9.17) is 10.5 Å². The van der Waals surface area contributed by atoms with Crippen LogP contribution < -0.4 is 10.5 Å². The number of nitrogens with two attached hydrogens (primary N) is 1. The highest BCUT2D eigenvalue weighted by molar-refractivity contribution is 5.99. The van der Waals surface area contributed by atoms with Gasteiger partial charge in [-0.15, -0.1) is 0 Å². The van der Waals surface area contributed by atoms with Crippen LogP contribution in [0.15, 0.2) is 35.7 Å². The average molecular weight is 282 g/mol. The lowest BCUT2D eigenvalue weighted by Crippen LogP contribution is -2.42. The number of hydrogen-bond acceptors (Lipinski definition) is 3. The number of primary amides is 1. The number of amides is 1. The Labute approximate surface area is 123 Å². The van der Waals surface area contributed by atoms with E-state index in [1.54, 1.807) is 12.4 Å². The van der Waals surface area contributed by atoms with Gasteiger partial charge in [-0.25, -0.2) is 0 Å². The summed E-state index contributed by atoms with van der Waals surface area (Å²) in [7, 11) is 0. The first-order chi connectivity index (χ1) is 10.2. The van der Waals surface area contributed by atoms with E-state index in [0.717, 1.165) is 37.0 Å². The van der Waals surface area contributed by atoms with Crippen molar-refractivity contribution in [3.8, 4) is 5.75 Å². The highest BCUT2D eigenvalue weighted by Crippen LogP contribution is 2.51. The molecule has 4 nitrogen and oxygen atoms in total. The van der Waals surface area contributed by atoms with Gasteiger partial charge in [0.1, 0.15) is 11.4 Å². The van der Waals surface area contributed by atoms with E-state index in [0.29, 0.717) is 12.0 Å². The molecule has 0 bridgehead atoms. The molecule has 2 aliphatic carbocycles. The van der Waals surface area contributed by atoms with Crippen LogP contribution in [-0.2, 0) is 4.79 Å². The Hall–Kier alpha value is -2.10. The summed E-state index contributed by atoms with van der Waals surface area (Å²) in [5, 5.41) is 0. The fraction of sp³-hybridized carbons (Fsp3) is 0.412. The molecule has 1 aromatic rings. The lowest BCUT2D eigenvalue weighted by atomic mass is 9.76. The van der Waals surface area contributed by atoms with Gasteiger partial charge in [-0.1, -0.05) is 6.42 Å². The summed E-state index contributed by atoms with van der Waals surface area (Å²) in [6.07, 6.45) is 11.7. The molecule has 1 spiro atoms. The van der Waals surface area contributed by atoms with Gasteiger partial charge in [0.2, 0.25) is 5.91 Å². The van der Waals surface area contributed by atoms with E-state index in [1.165, 1.54) is 17.6 Å². The zero-order chi connectivity index (χ0) is 14.4. The summed E-state index contributed by atoms with van der Waals surface area (Å²) in [5.74, 6) is 0.517. The summed E-state index contributed by atoms with van der Waals surface area (Å²) in [6, 6.07) is 1.97. The van der Waals surface area contributed by atoms with Gasteiger partial charge in [-0.05, 0) is 43.4 Å². The monoisotopic (exact) mass is 282 g/mol. The normalized spacial score (nSPS) is 22.4. The van der Waals surface area contributed by atoms with E-state index < -0.39 is 0 Å². The summed E-state index contributed by atoms with van der Waals surface area (Å²) in [5.41, 5.74) is 9.36. The zero-order valence-corrected chi connectivity index (χ0v) is 11.9. The van der Waals surface area contributed by atoms with Gasteiger partial charge < -0.3 is 10.5 Å². The van der Waals surface area contributed by atoms with Crippen LogP contribution >= 0.6 is 0 Å². The second-order valence-corrected chi connectivity index (χ2v) is 6.13. The minimum Gasteiger partial charge on any atom is -0.480 e. The third kappa shape index (κ3) is 1.82. The molecule has 2 heterocycles. The largest absolute Gasteiger partial charge is 0.480 e. The maximum Gasteiger partial charge on any atom is 0.244 e. The Morgan fingerprint density at radius 1 is 1.29 bits per heavy atom. The van der Waals surface area contributed by atoms with Gasteiger partial charge in [-0.2, -0.15) is 0 Å².